The summed E-state index contributed by atoms with van der Waals surface area (Å²) in [7, 11) is -4.07. The zero-order chi connectivity index (χ0) is 9.90. The van der Waals surface area contributed by atoms with Gasteiger partial charge in [0.15, 0.2) is 0 Å². The van der Waals surface area contributed by atoms with Gasteiger partial charge in [0, 0.05) is 24.7 Å². The third-order valence-corrected chi connectivity index (χ3v) is 2.51. The van der Waals surface area contributed by atoms with Crippen molar-refractivity contribution in [3.8, 4) is 0 Å². The van der Waals surface area contributed by atoms with Gasteiger partial charge in [-0.05, 0) is 13.3 Å². The van der Waals surface area contributed by atoms with E-state index in [2.05, 4.69) is 4.98 Å². The quantitative estimate of drug-likeness (QED) is 0.408. The van der Waals surface area contributed by atoms with Crippen molar-refractivity contribution in [1.29, 1.82) is 0 Å². The summed E-state index contributed by atoms with van der Waals surface area (Å²) in [5.41, 5.74) is 0. The molecular weight excluding hydrogens is 215 g/mol. The van der Waals surface area contributed by atoms with Crippen molar-refractivity contribution >= 4 is 10.1 Å². The van der Waals surface area contributed by atoms with Crippen LogP contribution in [0.25, 0.3) is 0 Å². The molecule has 0 bridgehead atoms. The molecule has 0 unspecified atom stereocenters. The van der Waals surface area contributed by atoms with E-state index in [0.29, 0.717) is 13.0 Å². The predicted octanol–water partition coefficient (Wildman–Crippen LogP) is -2.87. The van der Waals surface area contributed by atoms with Crippen LogP contribution in [0.4, 0.5) is 0 Å². The number of nitrogens with zero attached hydrogens (tertiary/aromatic N) is 2. The molecule has 0 amide bonds. The maximum atomic E-state index is 10.3. The zero-order valence-electron chi connectivity index (χ0n) is 8.30. The monoisotopic (exact) mass is 226 g/mol. The first kappa shape index (κ1) is 14.1. The van der Waals surface area contributed by atoms with Crippen molar-refractivity contribution in [2.45, 2.75) is 19.9 Å². The minimum absolute atomic E-state index is 0. The molecule has 1 heterocycles. The second kappa shape index (κ2) is 5.87. The second-order valence-electron chi connectivity index (χ2n) is 2.78. The SMILES string of the molecule is Cc1nccn1CCCS(=O)(=O)[O-].[Na+]. The van der Waals surface area contributed by atoms with Gasteiger partial charge in [-0.3, -0.25) is 0 Å². The van der Waals surface area contributed by atoms with Gasteiger partial charge in [0.2, 0.25) is 0 Å². The molecule has 7 heteroatoms. The molecule has 74 valence electrons. The van der Waals surface area contributed by atoms with Crippen LogP contribution in [0.1, 0.15) is 12.2 Å². The summed E-state index contributed by atoms with van der Waals surface area (Å²) in [5, 5.41) is 0. The Labute approximate surface area is 106 Å². The van der Waals surface area contributed by atoms with Crippen LogP contribution in [0.15, 0.2) is 12.4 Å². The van der Waals surface area contributed by atoms with Crippen LogP contribution < -0.4 is 29.6 Å². The number of rotatable bonds is 4. The molecule has 0 atom stereocenters. The van der Waals surface area contributed by atoms with E-state index in [4.69, 9.17) is 0 Å². The summed E-state index contributed by atoms with van der Waals surface area (Å²) in [6, 6.07) is 0. The van der Waals surface area contributed by atoms with E-state index in [1.807, 2.05) is 11.5 Å². The Hall–Kier alpha value is 0.120. The van der Waals surface area contributed by atoms with Gasteiger partial charge in [0.05, 0.1) is 10.1 Å². The van der Waals surface area contributed by atoms with Gasteiger partial charge in [-0.15, -0.1) is 0 Å². The zero-order valence-corrected chi connectivity index (χ0v) is 11.1. The summed E-state index contributed by atoms with van der Waals surface area (Å²) in [4.78, 5) is 3.97. The Kier molecular flexibility index (Phi) is 5.92. The van der Waals surface area contributed by atoms with Crippen LogP contribution in [0.5, 0.6) is 0 Å². The molecule has 14 heavy (non-hydrogen) atoms. The van der Waals surface area contributed by atoms with Crippen molar-refractivity contribution in [3.63, 3.8) is 0 Å². The van der Waals surface area contributed by atoms with Crippen LogP contribution >= 0.6 is 0 Å². The number of hydrogen-bond acceptors (Lipinski definition) is 4. The number of aromatic nitrogens is 2. The van der Waals surface area contributed by atoms with Gasteiger partial charge in [-0.2, -0.15) is 0 Å². The van der Waals surface area contributed by atoms with Crippen molar-refractivity contribution in [2.24, 2.45) is 0 Å². The van der Waals surface area contributed by atoms with E-state index in [1.54, 1.807) is 12.4 Å². The van der Waals surface area contributed by atoms with Gasteiger partial charge in [-0.1, -0.05) is 0 Å². The molecule has 0 fully saturated rings. The molecule has 0 aliphatic carbocycles. The molecule has 0 aliphatic heterocycles. The maximum absolute atomic E-state index is 10.3. The van der Waals surface area contributed by atoms with Crippen molar-refractivity contribution in [2.75, 3.05) is 5.75 Å². The van der Waals surface area contributed by atoms with Crippen molar-refractivity contribution in [1.82, 2.24) is 9.55 Å². The summed E-state index contributed by atoms with van der Waals surface area (Å²) >= 11 is 0. The van der Waals surface area contributed by atoms with Gasteiger partial charge in [-0.25, -0.2) is 13.4 Å². The topological polar surface area (TPSA) is 75.0 Å². The van der Waals surface area contributed by atoms with Crippen molar-refractivity contribution in [3.05, 3.63) is 18.2 Å². The molecule has 0 saturated carbocycles. The average Bonchev–Trinajstić information content (AvgIpc) is 2.34. The van der Waals surface area contributed by atoms with Gasteiger partial charge in [0.1, 0.15) is 5.82 Å². The molecule has 0 aliphatic rings. The van der Waals surface area contributed by atoms with E-state index in [-0.39, 0.29) is 35.3 Å². The maximum Gasteiger partial charge on any atom is 1.00 e. The third kappa shape index (κ3) is 5.11. The average molecular weight is 226 g/mol. The molecule has 0 radical (unpaired) electrons. The normalized spacial score (nSPS) is 11.0. The fourth-order valence-corrected chi connectivity index (χ4v) is 1.53. The first-order valence-corrected chi connectivity index (χ1v) is 5.48. The van der Waals surface area contributed by atoms with Crippen molar-refractivity contribution < 1.29 is 42.5 Å². The van der Waals surface area contributed by atoms with E-state index in [1.165, 1.54) is 0 Å². The van der Waals surface area contributed by atoms with Crippen LogP contribution in [0.2, 0.25) is 0 Å². The van der Waals surface area contributed by atoms with Gasteiger partial charge >= 0.3 is 29.6 Å². The summed E-state index contributed by atoms with van der Waals surface area (Å²) < 4.78 is 32.6. The van der Waals surface area contributed by atoms with E-state index in [0.717, 1.165) is 5.82 Å². The first-order chi connectivity index (χ1) is 5.99. The van der Waals surface area contributed by atoms with Gasteiger partial charge in [0.25, 0.3) is 0 Å². The Morgan fingerprint density at radius 3 is 2.64 bits per heavy atom. The van der Waals surface area contributed by atoms with Crippen LogP contribution in [0.3, 0.4) is 0 Å². The number of hydrogen-bond donors (Lipinski definition) is 0. The van der Waals surface area contributed by atoms with Crippen LogP contribution in [0, 0.1) is 6.92 Å². The van der Waals surface area contributed by atoms with Crippen LogP contribution in [-0.2, 0) is 16.7 Å². The molecule has 1 rings (SSSR count). The minimum atomic E-state index is -4.07. The van der Waals surface area contributed by atoms with E-state index in [9.17, 15) is 13.0 Å². The smallest absolute Gasteiger partial charge is 0.748 e. The Morgan fingerprint density at radius 2 is 2.21 bits per heavy atom. The number of aryl methyl sites for hydroxylation is 2. The van der Waals surface area contributed by atoms with E-state index < -0.39 is 10.1 Å². The Morgan fingerprint density at radius 1 is 1.57 bits per heavy atom. The summed E-state index contributed by atoms with van der Waals surface area (Å²) in [6.07, 6.45) is 3.73. The number of imidazole rings is 1. The minimum Gasteiger partial charge on any atom is -0.748 e. The van der Waals surface area contributed by atoms with E-state index >= 15 is 0 Å². The largest absolute Gasteiger partial charge is 1.00 e. The standard InChI is InChI=1S/C7H12N2O3S.Na/c1-7-8-3-5-9(7)4-2-6-13(10,11)12;/h3,5H,2,4,6H2,1H3,(H,10,11,12);/q;+1/p-1. The predicted molar refractivity (Wildman–Crippen MR) is 46.1 cm³/mol. The second-order valence-corrected chi connectivity index (χ2v) is 4.31. The molecule has 1 aromatic rings. The molecule has 5 nitrogen and oxygen atoms in total. The molecule has 0 aromatic carbocycles. The summed E-state index contributed by atoms with van der Waals surface area (Å²) in [5.74, 6) is 0.508. The molecule has 1 aromatic heterocycles. The summed E-state index contributed by atoms with van der Waals surface area (Å²) in [6.45, 7) is 2.35. The Bertz CT molecular complexity index is 374. The fraction of sp³-hybridized carbons (Fsp3) is 0.571. The van der Waals surface area contributed by atoms with Gasteiger partial charge < -0.3 is 9.12 Å². The Balaban J connectivity index is 0.00000169. The first-order valence-electron chi connectivity index (χ1n) is 3.90. The fourth-order valence-electron chi connectivity index (χ4n) is 1.05. The van der Waals surface area contributed by atoms with Crippen LogP contribution in [-0.4, -0.2) is 28.3 Å². The molecule has 0 N–H and O–H groups in total. The molecule has 0 saturated heterocycles. The third-order valence-electron chi connectivity index (χ3n) is 1.72. The molecule has 0 spiro atoms. The molecular formula is C7H11N2NaO3S.